The van der Waals surface area contributed by atoms with Crippen LogP contribution in [0.3, 0.4) is 0 Å². The number of phenolic OH excluding ortho intramolecular Hbond substituents is 1. The number of nitrogens with zero attached hydrogens (tertiary/aromatic N) is 2. The van der Waals surface area contributed by atoms with Crippen LogP contribution in [-0.4, -0.2) is 27.6 Å². The summed E-state index contributed by atoms with van der Waals surface area (Å²) >= 11 is 7.47. The number of benzene rings is 2. The fourth-order valence-electron chi connectivity index (χ4n) is 2.25. The Bertz CT molecular complexity index is 875. The molecule has 3 rings (SSSR count). The molecule has 1 fully saturated rings. The summed E-state index contributed by atoms with van der Waals surface area (Å²) in [6.07, 6.45) is 3.42. The number of phenols is 1. The smallest absolute Gasteiger partial charge is 0.267 e. The first kappa shape index (κ1) is 17.3. The Morgan fingerprint density at radius 3 is 2.60 bits per heavy atom. The highest BCUT2D eigenvalue weighted by molar-refractivity contribution is 8.18. The zero-order valence-electron chi connectivity index (χ0n) is 13.2. The predicted octanol–water partition coefficient (Wildman–Crippen LogP) is 4.84. The first-order chi connectivity index (χ1) is 12.1. The summed E-state index contributed by atoms with van der Waals surface area (Å²) in [7, 11) is 0. The van der Waals surface area contributed by atoms with Crippen LogP contribution in [0.4, 0.5) is 5.69 Å². The second-order valence-electron chi connectivity index (χ2n) is 5.25. The van der Waals surface area contributed by atoms with E-state index in [-0.39, 0.29) is 11.7 Å². The van der Waals surface area contributed by atoms with Crippen molar-refractivity contribution in [1.29, 1.82) is 0 Å². The molecule has 6 heteroatoms. The number of aliphatic imine (C=N–C) groups is 1. The average molecular weight is 371 g/mol. The molecule has 0 aliphatic carbocycles. The summed E-state index contributed by atoms with van der Waals surface area (Å²) < 4.78 is 0. The van der Waals surface area contributed by atoms with Crippen molar-refractivity contribution < 1.29 is 9.90 Å². The van der Waals surface area contributed by atoms with E-state index in [9.17, 15) is 9.90 Å². The van der Waals surface area contributed by atoms with Crippen LogP contribution in [0.2, 0.25) is 5.02 Å². The predicted molar refractivity (Wildman–Crippen MR) is 104 cm³/mol. The minimum Gasteiger partial charge on any atom is -0.508 e. The summed E-state index contributed by atoms with van der Waals surface area (Å²) in [6, 6.07) is 13.8. The van der Waals surface area contributed by atoms with Gasteiger partial charge in [0.1, 0.15) is 5.75 Å². The number of hydrogen-bond acceptors (Lipinski definition) is 4. The Hall–Kier alpha value is -2.50. The molecule has 0 atom stereocenters. The van der Waals surface area contributed by atoms with Crippen molar-refractivity contribution in [3.63, 3.8) is 0 Å². The Morgan fingerprint density at radius 2 is 1.92 bits per heavy atom. The molecule has 0 aromatic heterocycles. The van der Waals surface area contributed by atoms with Gasteiger partial charge in [-0.1, -0.05) is 35.9 Å². The Kier molecular flexibility index (Phi) is 5.26. The van der Waals surface area contributed by atoms with Gasteiger partial charge in [0, 0.05) is 11.6 Å². The van der Waals surface area contributed by atoms with E-state index in [0.717, 1.165) is 5.56 Å². The van der Waals surface area contributed by atoms with Gasteiger partial charge in [0.05, 0.1) is 10.6 Å². The van der Waals surface area contributed by atoms with Crippen molar-refractivity contribution in [2.45, 2.75) is 0 Å². The number of thioether (sulfide) groups is 1. The average Bonchev–Trinajstić information content (AvgIpc) is 2.88. The van der Waals surface area contributed by atoms with E-state index < -0.39 is 0 Å². The summed E-state index contributed by atoms with van der Waals surface area (Å²) in [5.41, 5.74) is 1.44. The lowest BCUT2D eigenvalue weighted by molar-refractivity contribution is -0.121. The van der Waals surface area contributed by atoms with Gasteiger partial charge in [0.2, 0.25) is 0 Å². The number of rotatable bonds is 4. The maximum absolute atomic E-state index is 12.7. The highest BCUT2D eigenvalue weighted by atomic mass is 35.5. The molecule has 4 nitrogen and oxygen atoms in total. The Morgan fingerprint density at radius 1 is 1.20 bits per heavy atom. The lowest BCUT2D eigenvalue weighted by Gasteiger charge is -2.12. The topological polar surface area (TPSA) is 52.9 Å². The van der Waals surface area contributed by atoms with Crippen LogP contribution in [0, 0.1) is 0 Å². The molecule has 1 amide bonds. The van der Waals surface area contributed by atoms with Crippen LogP contribution < -0.4 is 0 Å². The Labute approximate surface area is 155 Å². The van der Waals surface area contributed by atoms with Crippen molar-refractivity contribution >= 4 is 46.2 Å². The van der Waals surface area contributed by atoms with Gasteiger partial charge in [-0.15, -0.1) is 6.58 Å². The normalized spacial score (nSPS) is 17.5. The lowest BCUT2D eigenvalue weighted by atomic mass is 10.2. The number of halogens is 1. The van der Waals surface area contributed by atoms with Gasteiger partial charge in [-0.05, 0) is 53.7 Å². The number of aromatic hydroxyl groups is 1. The molecule has 0 spiro atoms. The van der Waals surface area contributed by atoms with Crippen LogP contribution in [0.1, 0.15) is 5.56 Å². The van der Waals surface area contributed by atoms with Crippen molar-refractivity contribution in [3.8, 4) is 5.75 Å². The number of carbonyl (C=O) groups is 1. The number of hydrogen-bond donors (Lipinski definition) is 1. The first-order valence-corrected chi connectivity index (χ1v) is 8.72. The number of amidine groups is 1. The highest BCUT2D eigenvalue weighted by Gasteiger charge is 2.32. The van der Waals surface area contributed by atoms with E-state index >= 15 is 0 Å². The van der Waals surface area contributed by atoms with E-state index in [1.807, 2.05) is 18.2 Å². The van der Waals surface area contributed by atoms with E-state index in [1.54, 1.807) is 47.4 Å². The SMILES string of the molecule is C=CCN1C(=O)/C(=C/c2ccccc2Cl)SC1=Nc1ccc(O)cc1. The fourth-order valence-corrected chi connectivity index (χ4v) is 3.44. The van der Waals surface area contributed by atoms with Crippen LogP contribution in [0.15, 0.2) is 71.1 Å². The van der Waals surface area contributed by atoms with Gasteiger partial charge in [-0.25, -0.2) is 4.99 Å². The van der Waals surface area contributed by atoms with Gasteiger partial charge in [-0.2, -0.15) is 0 Å². The van der Waals surface area contributed by atoms with Crippen molar-refractivity contribution in [3.05, 3.63) is 76.7 Å². The van der Waals surface area contributed by atoms with E-state index in [1.165, 1.54) is 11.8 Å². The van der Waals surface area contributed by atoms with Crippen LogP contribution in [0.5, 0.6) is 5.75 Å². The lowest BCUT2D eigenvalue weighted by Crippen LogP contribution is -2.29. The molecule has 1 N–H and O–H groups in total. The minimum atomic E-state index is -0.137. The molecular formula is C19H15ClN2O2S. The van der Waals surface area contributed by atoms with Crippen LogP contribution in [-0.2, 0) is 4.79 Å². The van der Waals surface area contributed by atoms with Crippen molar-refractivity contribution in [2.24, 2.45) is 4.99 Å². The van der Waals surface area contributed by atoms with Gasteiger partial charge < -0.3 is 5.11 Å². The molecule has 1 aliphatic heterocycles. The van der Waals surface area contributed by atoms with Gasteiger partial charge >= 0.3 is 0 Å². The second kappa shape index (κ2) is 7.59. The first-order valence-electron chi connectivity index (χ1n) is 7.53. The van der Waals surface area contributed by atoms with Crippen LogP contribution >= 0.6 is 23.4 Å². The molecule has 1 saturated heterocycles. The molecule has 0 saturated carbocycles. The molecule has 0 radical (unpaired) electrons. The third kappa shape index (κ3) is 3.95. The van der Waals surface area contributed by atoms with Gasteiger partial charge in [-0.3, -0.25) is 9.69 Å². The third-order valence-electron chi connectivity index (χ3n) is 3.47. The number of amides is 1. The monoisotopic (exact) mass is 370 g/mol. The molecule has 2 aromatic rings. The van der Waals surface area contributed by atoms with Gasteiger partial charge in [0.25, 0.3) is 5.91 Å². The fraction of sp³-hybridized carbons (Fsp3) is 0.0526. The molecular weight excluding hydrogens is 356 g/mol. The second-order valence-corrected chi connectivity index (χ2v) is 6.66. The van der Waals surface area contributed by atoms with E-state index in [4.69, 9.17) is 11.6 Å². The third-order valence-corrected chi connectivity index (χ3v) is 4.82. The summed E-state index contributed by atoms with van der Waals surface area (Å²) in [6.45, 7) is 4.07. The zero-order valence-corrected chi connectivity index (χ0v) is 14.8. The van der Waals surface area contributed by atoms with Crippen LogP contribution in [0.25, 0.3) is 6.08 Å². The highest BCUT2D eigenvalue weighted by Crippen LogP contribution is 2.35. The van der Waals surface area contributed by atoms with Crippen molar-refractivity contribution in [2.75, 3.05) is 6.54 Å². The quantitative estimate of drug-likeness (QED) is 0.619. The maximum atomic E-state index is 12.7. The maximum Gasteiger partial charge on any atom is 0.267 e. The standard InChI is InChI=1S/C19H15ClN2O2S/c1-2-11-22-18(24)17(12-13-5-3-4-6-16(13)20)25-19(22)21-14-7-9-15(23)10-8-14/h2-10,12,23H,1,11H2/b17-12-,21-19?. The zero-order chi connectivity index (χ0) is 17.8. The van der Waals surface area contributed by atoms with E-state index in [0.29, 0.717) is 27.3 Å². The molecule has 0 bridgehead atoms. The molecule has 2 aromatic carbocycles. The Balaban J connectivity index is 1.96. The molecule has 1 heterocycles. The largest absolute Gasteiger partial charge is 0.508 e. The minimum absolute atomic E-state index is 0.137. The molecule has 0 unspecified atom stereocenters. The molecule has 1 aliphatic rings. The summed E-state index contributed by atoms with van der Waals surface area (Å²) in [4.78, 5) is 19.3. The molecule has 25 heavy (non-hydrogen) atoms. The molecule has 126 valence electrons. The van der Waals surface area contributed by atoms with Crippen molar-refractivity contribution in [1.82, 2.24) is 4.90 Å². The summed E-state index contributed by atoms with van der Waals surface area (Å²) in [5, 5.41) is 10.5. The van der Waals surface area contributed by atoms with E-state index in [2.05, 4.69) is 11.6 Å². The van der Waals surface area contributed by atoms with Gasteiger partial charge in [0.15, 0.2) is 5.17 Å². The summed E-state index contributed by atoms with van der Waals surface area (Å²) in [5.74, 6) is 0.0312. The number of carbonyl (C=O) groups excluding carboxylic acids is 1.